The monoisotopic (exact) mass is 415 g/mol. The zero-order chi connectivity index (χ0) is 21.8. The summed E-state index contributed by atoms with van der Waals surface area (Å²) in [5.74, 6) is -4.54. The summed E-state index contributed by atoms with van der Waals surface area (Å²) < 4.78 is 71.2. The largest absolute Gasteiger partial charge is 0.445 e. The Bertz CT molecular complexity index is 844. The number of hydrogen-bond acceptors (Lipinski definition) is 3. The van der Waals surface area contributed by atoms with Crippen LogP contribution in [0.3, 0.4) is 0 Å². The highest BCUT2D eigenvalue weighted by Crippen LogP contribution is 2.35. The van der Waals surface area contributed by atoms with Gasteiger partial charge >= 0.3 is 12.3 Å². The molecule has 0 heterocycles. The summed E-state index contributed by atoms with van der Waals surface area (Å²) in [6.45, 7) is 1.57. The highest BCUT2D eigenvalue weighted by atomic mass is 19.4. The molecule has 0 aliphatic rings. The number of rotatable bonds is 6. The van der Waals surface area contributed by atoms with Crippen LogP contribution in [0.25, 0.3) is 0 Å². The van der Waals surface area contributed by atoms with E-state index in [0.717, 1.165) is 0 Å². The molecule has 9 heteroatoms. The summed E-state index contributed by atoms with van der Waals surface area (Å²) in [4.78, 5) is 24.3. The van der Waals surface area contributed by atoms with E-state index in [4.69, 9.17) is 4.74 Å². The summed E-state index contributed by atoms with van der Waals surface area (Å²) >= 11 is 0. The summed E-state index contributed by atoms with van der Waals surface area (Å²) in [7, 11) is 0. The number of ether oxygens (including phenoxy) is 1. The van der Waals surface area contributed by atoms with Gasteiger partial charge in [-0.3, -0.25) is 4.79 Å². The van der Waals surface area contributed by atoms with Gasteiger partial charge in [0.2, 0.25) is 0 Å². The zero-order valence-electron chi connectivity index (χ0n) is 15.5. The molecule has 1 N–H and O–H groups in total. The Balaban J connectivity index is 2.14. The van der Waals surface area contributed by atoms with E-state index in [1.165, 1.54) is 6.92 Å². The van der Waals surface area contributed by atoms with Crippen molar-refractivity contribution < 1.29 is 36.3 Å². The van der Waals surface area contributed by atoms with Gasteiger partial charge in [0, 0.05) is 18.1 Å². The van der Waals surface area contributed by atoms with Gasteiger partial charge in [-0.15, -0.1) is 0 Å². The number of ketones is 1. The van der Waals surface area contributed by atoms with Gasteiger partial charge in [0.15, 0.2) is 5.78 Å². The summed E-state index contributed by atoms with van der Waals surface area (Å²) in [5, 5.41) is 2.19. The number of alkyl carbamates (subject to hydrolysis) is 1. The lowest BCUT2D eigenvalue weighted by Gasteiger charge is -2.18. The van der Waals surface area contributed by atoms with Crippen molar-refractivity contribution >= 4 is 11.9 Å². The smallest absolute Gasteiger partial charge is 0.416 e. The van der Waals surface area contributed by atoms with Crippen LogP contribution < -0.4 is 5.32 Å². The number of halogens is 5. The number of hydrogen-bond donors (Lipinski definition) is 1. The summed E-state index contributed by atoms with van der Waals surface area (Å²) in [6.07, 6.45) is -5.88. The number of amides is 1. The van der Waals surface area contributed by atoms with Crippen molar-refractivity contribution in [3.05, 3.63) is 70.8 Å². The van der Waals surface area contributed by atoms with Gasteiger partial charge in [0.1, 0.15) is 6.61 Å². The van der Waals surface area contributed by atoms with E-state index in [0.29, 0.717) is 30.7 Å². The molecular weight excluding hydrogens is 397 g/mol. The highest BCUT2D eigenvalue weighted by molar-refractivity contribution is 6.01. The highest BCUT2D eigenvalue weighted by Gasteiger charge is 2.35. The van der Waals surface area contributed by atoms with Crippen LogP contribution in [-0.2, 0) is 23.4 Å². The number of carbonyl (C=O) groups excluding carboxylic acids is 2. The predicted octanol–water partition coefficient (Wildman–Crippen LogP) is 5.31. The standard InChI is InChI=1S/C20H18F5NO3/c1-12(26-18(28)29-11-13-6-4-3-5-7-13)17(27)14-8-15(19(2,21)22)10-16(9-14)20(23,24)25/h3-10,12H,11H2,1-2H3,(H,26,28)/t12-/m0/s1. The number of nitrogens with one attached hydrogen (secondary N) is 1. The lowest BCUT2D eigenvalue weighted by atomic mass is 9.97. The van der Waals surface area contributed by atoms with E-state index >= 15 is 0 Å². The van der Waals surface area contributed by atoms with Crippen molar-refractivity contribution in [2.45, 2.75) is 38.6 Å². The van der Waals surface area contributed by atoms with Gasteiger partial charge in [-0.25, -0.2) is 13.6 Å². The Morgan fingerprint density at radius 2 is 1.59 bits per heavy atom. The Kier molecular flexibility index (Phi) is 6.61. The summed E-state index contributed by atoms with van der Waals surface area (Å²) in [6, 6.07) is 8.81. The molecule has 0 aromatic heterocycles. The Morgan fingerprint density at radius 1 is 1.00 bits per heavy atom. The molecule has 0 saturated heterocycles. The van der Waals surface area contributed by atoms with E-state index in [1.54, 1.807) is 30.3 Å². The van der Waals surface area contributed by atoms with E-state index in [2.05, 4.69) is 5.32 Å². The van der Waals surface area contributed by atoms with Gasteiger partial charge in [-0.05, 0) is 30.7 Å². The van der Waals surface area contributed by atoms with Gasteiger partial charge < -0.3 is 10.1 Å². The van der Waals surface area contributed by atoms with Crippen LogP contribution in [0, 0.1) is 0 Å². The van der Waals surface area contributed by atoms with Crippen molar-refractivity contribution in [3.8, 4) is 0 Å². The molecule has 0 aliphatic heterocycles. The Labute approximate surface area is 163 Å². The van der Waals surface area contributed by atoms with Crippen LogP contribution >= 0.6 is 0 Å². The molecule has 0 unspecified atom stereocenters. The fraction of sp³-hybridized carbons (Fsp3) is 0.300. The van der Waals surface area contributed by atoms with Crippen molar-refractivity contribution in [1.29, 1.82) is 0 Å². The van der Waals surface area contributed by atoms with E-state index in [9.17, 15) is 31.5 Å². The quantitative estimate of drug-likeness (QED) is 0.514. The number of Topliss-reactive ketones (excluding diaryl/α,β-unsaturated/α-hetero) is 1. The minimum atomic E-state index is -4.92. The van der Waals surface area contributed by atoms with Crippen LogP contribution in [0.5, 0.6) is 0 Å². The molecule has 29 heavy (non-hydrogen) atoms. The third-order valence-electron chi connectivity index (χ3n) is 3.99. The van der Waals surface area contributed by atoms with Crippen molar-refractivity contribution in [2.75, 3.05) is 0 Å². The molecule has 0 fully saturated rings. The fourth-order valence-electron chi connectivity index (χ4n) is 2.44. The predicted molar refractivity (Wildman–Crippen MR) is 94.6 cm³/mol. The lowest BCUT2D eigenvalue weighted by molar-refractivity contribution is -0.137. The maximum atomic E-state index is 13.6. The first-order valence-corrected chi connectivity index (χ1v) is 8.50. The normalized spacial score (nSPS) is 12.9. The first-order valence-electron chi connectivity index (χ1n) is 8.50. The molecule has 4 nitrogen and oxygen atoms in total. The number of alkyl halides is 5. The molecule has 2 aromatic rings. The molecule has 2 rings (SSSR count). The molecule has 0 aliphatic carbocycles. The van der Waals surface area contributed by atoms with Gasteiger partial charge in [-0.2, -0.15) is 13.2 Å². The number of carbonyl (C=O) groups is 2. The Morgan fingerprint density at radius 3 is 2.14 bits per heavy atom. The molecule has 1 amide bonds. The SMILES string of the molecule is C[C@H](NC(=O)OCc1ccccc1)C(=O)c1cc(C(C)(F)F)cc(C(F)(F)F)c1. The van der Waals surface area contributed by atoms with E-state index < -0.39 is 46.7 Å². The van der Waals surface area contributed by atoms with Crippen LogP contribution in [0.2, 0.25) is 0 Å². The fourth-order valence-corrected chi connectivity index (χ4v) is 2.44. The van der Waals surface area contributed by atoms with Crippen LogP contribution in [0.1, 0.15) is 40.9 Å². The van der Waals surface area contributed by atoms with Gasteiger partial charge in [0.25, 0.3) is 5.92 Å². The second kappa shape index (κ2) is 8.59. The van der Waals surface area contributed by atoms with Gasteiger partial charge in [0.05, 0.1) is 11.6 Å². The number of benzene rings is 2. The van der Waals surface area contributed by atoms with E-state index in [1.807, 2.05) is 0 Å². The van der Waals surface area contributed by atoms with Crippen LogP contribution in [0.15, 0.2) is 48.5 Å². The topological polar surface area (TPSA) is 55.4 Å². The second-order valence-electron chi connectivity index (χ2n) is 6.48. The maximum absolute atomic E-state index is 13.6. The van der Waals surface area contributed by atoms with Crippen molar-refractivity contribution in [2.24, 2.45) is 0 Å². The molecule has 0 saturated carbocycles. The van der Waals surface area contributed by atoms with Crippen molar-refractivity contribution in [3.63, 3.8) is 0 Å². The molecule has 1 atom stereocenters. The third-order valence-corrected chi connectivity index (χ3v) is 3.99. The summed E-state index contributed by atoms with van der Waals surface area (Å²) in [5.41, 5.74) is -2.23. The second-order valence-corrected chi connectivity index (χ2v) is 6.48. The minimum Gasteiger partial charge on any atom is -0.445 e. The maximum Gasteiger partial charge on any atom is 0.416 e. The minimum absolute atomic E-state index is 0.0800. The third kappa shape index (κ3) is 6.27. The molecule has 0 spiro atoms. The first-order chi connectivity index (χ1) is 13.4. The average Bonchev–Trinajstić information content (AvgIpc) is 2.64. The first kappa shape index (κ1) is 22.3. The van der Waals surface area contributed by atoms with E-state index in [-0.39, 0.29) is 6.61 Å². The molecule has 2 aromatic carbocycles. The van der Waals surface area contributed by atoms with Crippen LogP contribution in [-0.4, -0.2) is 17.9 Å². The lowest BCUT2D eigenvalue weighted by Crippen LogP contribution is -2.39. The average molecular weight is 415 g/mol. The molecule has 0 bridgehead atoms. The van der Waals surface area contributed by atoms with Crippen molar-refractivity contribution in [1.82, 2.24) is 5.32 Å². The molecule has 0 radical (unpaired) electrons. The van der Waals surface area contributed by atoms with Crippen LogP contribution in [0.4, 0.5) is 26.7 Å². The zero-order valence-corrected chi connectivity index (χ0v) is 15.5. The van der Waals surface area contributed by atoms with Gasteiger partial charge in [-0.1, -0.05) is 30.3 Å². The Hall–Kier alpha value is -2.97. The molecule has 156 valence electrons. The molecular formula is C20H18F5NO3.